The van der Waals surface area contributed by atoms with E-state index in [2.05, 4.69) is 0 Å². The summed E-state index contributed by atoms with van der Waals surface area (Å²) in [6.45, 7) is 0.478. The minimum atomic E-state index is -0.397. The van der Waals surface area contributed by atoms with Gasteiger partial charge in [0.05, 0.1) is 18.4 Å². The van der Waals surface area contributed by atoms with E-state index in [0.29, 0.717) is 39.8 Å². The van der Waals surface area contributed by atoms with Gasteiger partial charge < -0.3 is 9.64 Å². The zero-order valence-corrected chi connectivity index (χ0v) is 18.0. The predicted molar refractivity (Wildman–Crippen MR) is 122 cm³/mol. The summed E-state index contributed by atoms with van der Waals surface area (Å²) < 4.78 is 5.41. The lowest BCUT2D eigenvalue weighted by molar-refractivity contribution is -0.120. The van der Waals surface area contributed by atoms with Crippen molar-refractivity contribution in [1.82, 2.24) is 4.90 Å². The van der Waals surface area contributed by atoms with E-state index in [9.17, 15) is 9.59 Å². The normalized spacial score (nSPS) is 13.7. The summed E-state index contributed by atoms with van der Waals surface area (Å²) in [6, 6.07) is 23.7. The maximum atomic E-state index is 13.6. The van der Waals surface area contributed by atoms with E-state index in [4.69, 9.17) is 16.3 Å². The molecule has 3 aromatic carbocycles. The van der Waals surface area contributed by atoms with Crippen molar-refractivity contribution >= 4 is 34.7 Å². The van der Waals surface area contributed by atoms with Gasteiger partial charge in [0.25, 0.3) is 11.8 Å². The summed E-state index contributed by atoms with van der Waals surface area (Å²) in [6.07, 6.45) is 0. The zero-order valence-electron chi connectivity index (χ0n) is 17.2. The van der Waals surface area contributed by atoms with Crippen molar-refractivity contribution in [3.05, 3.63) is 101 Å². The van der Waals surface area contributed by atoms with Crippen LogP contribution in [0.1, 0.15) is 11.1 Å². The van der Waals surface area contributed by atoms with Gasteiger partial charge in [-0.15, -0.1) is 0 Å². The number of nitrogens with zero attached hydrogens (tertiary/aromatic N) is 2. The van der Waals surface area contributed by atoms with Crippen LogP contribution >= 0.6 is 11.6 Å². The van der Waals surface area contributed by atoms with Gasteiger partial charge in [0, 0.05) is 18.6 Å². The number of ether oxygens (including phenoxy) is 1. The first-order valence-electron chi connectivity index (χ1n) is 9.78. The summed E-state index contributed by atoms with van der Waals surface area (Å²) in [5, 5.41) is 0.557. The highest BCUT2D eigenvalue weighted by Gasteiger charge is 2.42. The van der Waals surface area contributed by atoms with Gasteiger partial charge in [0.1, 0.15) is 11.4 Å². The minimum Gasteiger partial charge on any atom is -0.495 e. The maximum absolute atomic E-state index is 13.6. The first-order chi connectivity index (χ1) is 15.0. The number of carbonyl (C=O) groups excluding carboxylic acids is 2. The van der Waals surface area contributed by atoms with E-state index in [1.165, 1.54) is 12.0 Å². The molecule has 1 heterocycles. The summed E-state index contributed by atoms with van der Waals surface area (Å²) in [5.41, 5.74) is 2.75. The monoisotopic (exact) mass is 432 g/mol. The fourth-order valence-corrected chi connectivity index (χ4v) is 3.84. The highest BCUT2D eigenvalue weighted by molar-refractivity contribution is 6.45. The average molecular weight is 433 g/mol. The lowest BCUT2D eigenvalue weighted by Crippen LogP contribution is -2.34. The molecule has 0 spiro atoms. The Kier molecular flexibility index (Phi) is 5.78. The van der Waals surface area contributed by atoms with Crippen LogP contribution in [-0.4, -0.2) is 30.9 Å². The molecule has 4 rings (SSSR count). The first-order valence-corrected chi connectivity index (χ1v) is 10.2. The second-order valence-corrected chi connectivity index (χ2v) is 7.63. The quantitative estimate of drug-likeness (QED) is 0.527. The van der Waals surface area contributed by atoms with Crippen molar-refractivity contribution in [1.29, 1.82) is 0 Å². The van der Waals surface area contributed by atoms with Crippen LogP contribution in [-0.2, 0) is 16.1 Å². The fraction of sp³-hybridized carbons (Fsp3) is 0.120. The summed E-state index contributed by atoms with van der Waals surface area (Å²) in [5.74, 6) is -0.337. The molecule has 0 atom stereocenters. The molecule has 6 heteroatoms. The molecule has 0 aromatic heterocycles. The molecule has 0 bridgehead atoms. The van der Waals surface area contributed by atoms with Gasteiger partial charge in [0.2, 0.25) is 0 Å². The number of amides is 2. The van der Waals surface area contributed by atoms with Crippen molar-refractivity contribution in [2.75, 3.05) is 19.1 Å². The minimum absolute atomic E-state index is 0.335. The molecule has 1 aliphatic heterocycles. The Morgan fingerprint density at radius 1 is 0.871 bits per heavy atom. The molecule has 1 aliphatic rings. The second-order valence-electron chi connectivity index (χ2n) is 7.19. The van der Waals surface area contributed by atoms with Crippen molar-refractivity contribution < 1.29 is 14.3 Å². The van der Waals surface area contributed by atoms with Crippen LogP contribution < -0.4 is 9.64 Å². The molecule has 156 valence electrons. The Labute approximate surface area is 186 Å². The van der Waals surface area contributed by atoms with Gasteiger partial charge in [0.15, 0.2) is 0 Å². The van der Waals surface area contributed by atoms with Gasteiger partial charge in [-0.3, -0.25) is 9.59 Å². The largest absolute Gasteiger partial charge is 0.495 e. The van der Waals surface area contributed by atoms with Crippen LogP contribution in [0.4, 0.5) is 5.69 Å². The number of likely N-dealkylation sites (N-methyl/N-ethyl adjacent to an activating group) is 1. The number of anilines is 1. The number of methoxy groups -OCH3 is 1. The number of halogens is 1. The third kappa shape index (κ3) is 3.92. The summed E-state index contributed by atoms with van der Waals surface area (Å²) in [7, 11) is 3.33. The summed E-state index contributed by atoms with van der Waals surface area (Å²) >= 11 is 6.05. The highest BCUT2D eigenvalue weighted by atomic mass is 35.5. The molecule has 31 heavy (non-hydrogen) atoms. The van der Waals surface area contributed by atoms with Gasteiger partial charge >= 0.3 is 0 Å². The van der Waals surface area contributed by atoms with Crippen LogP contribution in [0.25, 0.3) is 5.57 Å². The van der Waals surface area contributed by atoms with E-state index >= 15 is 0 Å². The third-order valence-electron chi connectivity index (χ3n) is 5.16. The van der Waals surface area contributed by atoms with Crippen LogP contribution in [0.5, 0.6) is 5.75 Å². The number of benzene rings is 3. The van der Waals surface area contributed by atoms with E-state index in [-0.39, 0.29) is 0 Å². The van der Waals surface area contributed by atoms with E-state index in [1.807, 2.05) is 42.3 Å². The van der Waals surface area contributed by atoms with Crippen LogP contribution in [0, 0.1) is 0 Å². The smallest absolute Gasteiger partial charge is 0.282 e. The number of carbonyl (C=O) groups is 2. The molecular formula is C25H21ClN2O3. The van der Waals surface area contributed by atoms with E-state index < -0.39 is 11.8 Å². The number of rotatable bonds is 6. The summed E-state index contributed by atoms with van der Waals surface area (Å²) in [4.78, 5) is 30.2. The Hall–Kier alpha value is -3.57. The van der Waals surface area contributed by atoms with Crippen LogP contribution in [0.3, 0.4) is 0 Å². The van der Waals surface area contributed by atoms with E-state index in [0.717, 1.165) is 5.56 Å². The molecule has 0 N–H and O–H groups in total. The Balaban J connectivity index is 1.82. The topological polar surface area (TPSA) is 49.9 Å². The van der Waals surface area contributed by atoms with E-state index in [1.54, 1.807) is 48.5 Å². The van der Waals surface area contributed by atoms with Crippen molar-refractivity contribution in [2.24, 2.45) is 0 Å². The average Bonchev–Trinajstić information content (AvgIpc) is 3.05. The molecule has 2 amide bonds. The second kappa shape index (κ2) is 8.66. The van der Waals surface area contributed by atoms with Crippen LogP contribution in [0.15, 0.2) is 84.6 Å². The van der Waals surface area contributed by atoms with Crippen LogP contribution in [0.2, 0.25) is 5.02 Å². The highest BCUT2D eigenvalue weighted by Crippen LogP contribution is 2.38. The SMILES string of the molecule is COc1ccccc1N1C(=O)C(c2ccc(Cl)cc2)=C(N(C)Cc2ccccc2)C1=O. The molecule has 0 saturated heterocycles. The Morgan fingerprint density at radius 2 is 1.52 bits per heavy atom. The van der Waals surface area contributed by atoms with Gasteiger partial charge in [-0.05, 0) is 35.4 Å². The lowest BCUT2D eigenvalue weighted by Gasteiger charge is -2.22. The predicted octanol–water partition coefficient (Wildman–Crippen LogP) is 4.77. The number of hydrogen-bond acceptors (Lipinski definition) is 4. The first kappa shape index (κ1) is 20.7. The standard InChI is InChI=1S/C25H21ClN2O3/c1-27(16-17-8-4-3-5-9-17)23-22(18-12-14-19(26)15-13-18)24(29)28(25(23)30)20-10-6-7-11-21(20)31-2/h3-15H,16H2,1-2H3. The fourth-order valence-electron chi connectivity index (χ4n) is 3.72. The van der Waals surface area contributed by atoms with Gasteiger partial charge in [-0.25, -0.2) is 4.90 Å². The van der Waals surface area contributed by atoms with Crippen molar-refractivity contribution in [2.45, 2.75) is 6.54 Å². The molecule has 0 aliphatic carbocycles. The van der Waals surface area contributed by atoms with Crippen molar-refractivity contribution in [3.63, 3.8) is 0 Å². The zero-order chi connectivity index (χ0) is 22.0. The molecule has 0 radical (unpaired) electrons. The van der Waals surface area contributed by atoms with Crippen molar-refractivity contribution in [3.8, 4) is 5.75 Å². The molecule has 0 saturated carbocycles. The lowest BCUT2D eigenvalue weighted by atomic mass is 10.0. The maximum Gasteiger partial charge on any atom is 0.282 e. The third-order valence-corrected chi connectivity index (χ3v) is 5.41. The Morgan fingerprint density at radius 3 is 2.19 bits per heavy atom. The number of para-hydroxylation sites is 2. The molecular weight excluding hydrogens is 412 g/mol. The van der Waals surface area contributed by atoms with Gasteiger partial charge in [-0.1, -0.05) is 66.2 Å². The molecule has 5 nitrogen and oxygen atoms in total. The molecule has 0 unspecified atom stereocenters. The molecule has 3 aromatic rings. The number of imide groups is 1. The Bertz CT molecular complexity index is 1160. The van der Waals surface area contributed by atoms with Gasteiger partial charge in [-0.2, -0.15) is 0 Å². The number of hydrogen-bond donors (Lipinski definition) is 0. The molecule has 0 fully saturated rings.